The number of nitrogens with zero attached hydrogens (tertiary/aromatic N) is 2. The van der Waals surface area contributed by atoms with Gasteiger partial charge in [-0.2, -0.15) is 9.97 Å². The number of esters is 1. The number of rotatable bonds is 5. The molecule has 1 aliphatic rings. The van der Waals surface area contributed by atoms with Crippen molar-refractivity contribution in [3.63, 3.8) is 0 Å². The highest BCUT2D eigenvalue weighted by Gasteiger charge is 2.37. The lowest BCUT2D eigenvalue weighted by Crippen LogP contribution is -2.21. The van der Waals surface area contributed by atoms with Gasteiger partial charge < -0.3 is 24.7 Å². The number of hydrogen-bond acceptors (Lipinski definition) is 8. The quantitative estimate of drug-likeness (QED) is 0.804. The van der Waals surface area contributed by atoms with E-state index in [1.54, 1.807) is 12.1 Å². The molecule has 0 fully saturated rings. The zero-order chi connectivity index (χ0) is 17.3. The summed E-state index contributed by atoms with van der Waals surface area (Å²) in [4.78, 5) is 31.5. The Hall–Kier alpha value is -3.36. The first-order chi connectivity index (χ1) is 11.5. The Bertz CT molecular complexity index is 801. The molecular weight excluding hydrogens is 318 g/mol. The van der Waals surface area contributed by atoms with E-state index in [0.29, 0.717) is 5.56 Å². The van der Waals surface area contributed by atoms with E-state index in [0.717, 1.165) is 0 Å². The van der Waals surface area contributed by atoms with Crippen LogP contribution in [0.15, 0.2) is 24.3 Å². The normalized spacial score (nSPS) is 15.4. The van der Waals surface area contributed by atoms with Crippen LogP contribution in [-0.2, 0) is 9.53 Å². The van der Waals surface area contributed by atoms with E-state index in [1.165, 1.54) is 26.4 Å². The van der Waals surface area contributed by atoms with Crippen molar-refractivity contribution < 1.29 is 28.5 Å². The maximum Gasteiger partial charge on any atom is 0.343 e. The third kappa shape index (κ3) is 2.67. The summed E-state index contributed by atoms with van der Waals surface area (Å²) in [7, 11) is 2.86. The van der Waals surface area contributed by atoms with Gasteiger partial charge in [0.15, 0.2) is 0 Å². The number of primary amides is 1. The third-order valence-electron chi connectivity index (χ3n) is 3.31. The van der Waals surface area contributed by atoms with E-state index in [1.807, 2.05) is 0 Å². The second kappa shape index (κ2) is 6.03. The van der Waals surface area contributed by atoms with Crippen molar-refractivity contribution in [2.24, 2.45) is 5.73 Å². The van der Waals surface area contributed by atoms with Crippen LogP contribution in [0.1, 0.15) is 22.0 Å². The number of ether oxygens (including phenoxy) is 4. The lowest BCUT2D eigenvalue weighted by molar-refractivity contribution is -0.126. The van der Waals surface area contributed by atoms with Gasteiger partial charge in [0.25, 0.3) is 5.91 Å². The first kappa shape index (κ1) is 15.5. The minimum atomic E-state index is -1.14. The Morgan fingerprint density at radius 1 is 1.21 bits per heavy atom. The number of cyclic esters (lactones) is 1. The van der Waals surface area contributed by atoms with Crippen molar-refractivity contribution in [2.75, 3.05) is 14.2 Å². The molecule has 0 saturated heterocycles. The van der Waals surface area contributed by atoms with Crippen LogP contribution < -0.4 is 19.9 Å². The molecule has 9 heteroatoms. The van der Waals surface area contributed by atoms with E-state index in [2.05, 4.69) is 9.97 Å². The van der Waals surface area contributed by atoms with Crippen molar-refractivity contribution in [1.82, 2.24) is 9.97 Å². The lowest BCUT2D eigenvalue weighted by atomic mass is 10.0. The lowest BCUT2D eigenvalue weighted by Gasteiger charge is -2.09. The van der Waals surface area contributed by atoms with Crippen molar-refractivity contribution in [3.8, 4) is 23.5 Å². The summed E-state index contributed by atoms with van der Waals surface area (Å²) in [5.74, 6) is -0.890. The molecule has 2 heterocycles. The average Bonchev–Trinajstić information content (AvgIpc) is 2.92. The number of fused-ring (bicyclic) bond motifs is 1. The van der Waals surface area contributed by atoms with Gasteiger partial charge in [-0.3, -0.25) is 4.79 Å². The van der Waals surface area contributed by atoms with Gasteiger partial charge in [0.2, 0.25) is 17.9 Å². The highest BCUT2D eigenvalue weighted by molar-refractivity contribution is 6.01. The average molecular weight is 331 g/mol. The Labute approximate surface area is 136 Å². The van der Waals surface area contributed by atoms with Crippen LogP contribution >= 0.6 is 0 Å². The minimum absolute atomic E-state index is 0.0880. The topological polar surface area (TPSA) is 123 Å². The molecule has 1 amide bonds. The zero-order valence-electron chi connectivity index (χ0n) is 12.8. The van der Waals surface area contributed by atoms with Crippen LogP contribution in [0, 0.1) is 0 Å². The van der Waals surface area contributed by atoms with Crippen molar-refractivity contribution in [2.45, 2.75) is 6.10 Å². The largest absolute Gasteiger partial charge is 0.481 e. The fraction of sp³-hybridized carbons (Fsp3) is 0.200. The predicted molar refractivity (Wildman–Crippen MR) is 79.0 cm³/mol. The number of amides is 1. The second-order valence-corrected chi connectivity index (χ2v) is 4.75. The van der Waals surface area contributed by atoms with Gasteiger partial charge in [0.1, 0.15) is 11.3 Å². The molecule has 1 aromatic heterocycles. The molecule has 0 radical (unpaired) electrons. The zero-order valence-corrected chi connectivity index (χ0v) is 12.8. The predicted octanol–water partition coefficient (Wildman–Crippen LogP) is 0.983. The first-order valence-corrected chi connectivity index (χ1v) is 6.81. The molecule has 0 bridgehead atoms. The molecule has 2 N–H and O–H groups in total. The van der Waals surface area contributed by atoms with Crippen LogP contribution in [0.3, 0.4) is 0 Å². The fourth-order valence-corrected chi connectivity index (χ4v) is 2.25. The molecule has 124 valence electrons. The maximum absolute atomic E-state index is 12.0. The van der Waals surface area contributed by atoms with Crippen LogP contribution in [-0.4, -0.2) is 36.1 Å². The first-order valence-electron chi connectivity index (χ1n) is 6.81. The molecule has 2 aromatic rings. The number of methoxy groups -OCH3 is 2. The van der Waals surface area contributed by atoms with E-state index in [-0.39, 0.29) is 29.1 Å². The van der Waals surface area contributed by atoms with Gasteiger partial charge in [-0.1, -0.05) is 12.1 Å². The van der Waals surface area contributed by atoms with Gasteiger partial charge >= 0.3 is 12.0 Å². The van der Waals surface area contributed by atoms with Gasteiger partial charge in [0.05, 0.1) is 20.3 Å². The number of benzene rings is 1. The van der Waals surface area contributed by atoms with Crippen LogP contribution in [0.4, 0.5) is 0 Å². The Kier molecular flexibility index (Phi) is 3.90. The van der Waals surface area contributed by atoms with Crippen LogP contribution in [0.25, 0.3) is 0 Å². The van der Waals surface area contributed by atoms with Crippen molar-refractivity contribution in [1.29, 1.82) is 0 Å². The molecule has 0 spiro atoms. The van der Waals surface area contributed by atoms with E-state index < -0.39 is 18.0 Å². The number of hydrogen-bond donors (Lipinski definition) is 1. The summed E-state index contributed by atoms with van der Waals surface area (Å²) in [6.07, 6.45) is -1.14. The van der Waals surface area contributed by atoms with E-state index in [4.69, 9.17) is 24.7 Å². The Morgan fingerprint density at radius 2 is 1.88 bits per heavy atom. The second-order valence-electron chi connectivity index (χ2n) is 4.75. The van der Waals surface area contributed by atoms with Crippen LogP contribution in [0.5, 0.6) is 23.5 Å². The number of aromatic nitrogens is 2. The van der Waals surface area contributed by atoms with Crippen molar-refractivity contribution in [3.05, 3.63) is 35.4 Å². The van der Waals surface area contributed by atoms with Crippen molar-refractivity contribution >= 4 is 11.9 Å². The molecule has 1 atom stereocenters. The molecule has 1 aromatic carbocycles. The highest BCUT2D eigenvalue weighted by atomic mass is 16.6. The summed E-state index contributed by atoms with van der Waals surface area (Å²) in [6, 6.07) is 6.08. The maximum atomic E-state index is 12.0. The monoisotopic (exact) mass is 331 g/mol. The standard InChI is InChI=1S/C15H13N3O6/c1-21-9-6-10(22-2)18-15(17-9)23-8-5-3-4-7-11(8)14(20)24-12(7)13(16)19/h3-6,12H,1-2H3,(H2,16,19). The molecule has 9 nitrogen and oxygen atoms in total. The third-order valence-corrected chi connectivity index (χ3v) is 3.31. The van der Waals surface area contributed by atoms with Gasteiger partial charge in [-0.15, -0.1) is 0 Å². The number of carbonyl (C=O) groups excluding carboxylic acids is 2. The molecule has 3 rings (SSSR count). The molecule has 0 saturated carbocycles. The minimum Gasteiger partial charge on any atom is -0.481 e. The summed E-state index contributed by atoms with van der Waals surface area (Å²) in [5.41, 5.74) is 5.68. The summed E-state index contributed by atoms with van der Waals surface area (Å²) >= 11 is 0. The molecule has 24 heavy (non-hydrogen) atoms. The number of nitrogens with two attached hydrogens (primary N) is 1. The molecule has 1 aliphatic heterocycles. The molecule has 1 unspecified atom stereocenters. The molecular formula is C15H13N3O6. The fourth-order valence-electron chi connectivity index (χ4n) is 2.25. The van der Waals surface area contributed by atoms with Gasteiger partial charge in [-0.25, -0.2) is 4.79 Å². The SMILES string of the molecule is COc1cc(OC)nc(Oc2cccc3c2C(=O)OC3C(N)=O)n1. The van der Waals surface area contributed by atoms with Gasteiger partial charge in [0, 0.05) is 5.56 Å². The summed E-state index contributed by atoms with van der Waals surface area (Å²) in [5, 5.41) is 0. The Morgan fingerprint density at radius 3 is 2.46 bits per heavy atom. The Balaban J connectivity index is 2.01. The number of carbonyl (C=O) groups is 2. The van der Waals surface area contributed by atoms with E-state index in [9.17, 15) is 9.59 Å². The smallest absolute Gasteiger partial charge is 0.343 e. The summed E-state index contributed by atoms with van der Waals surface area (Å²) < 4.78 is 20.6. The van der Waals surface area contributed by atoms with Gasteiger partial charge in [-0.05, 0) is 6.07 Å². The summed E-state index contributed by atoms with van der Waals surface area (Å²) in [6.45, 7) is 0. The highest BCUT2D eigenvalue weighted by Crippen LogP contribution is 2.37. The molecule has 0 aliphatic carbocycles. The van der Waals surface area contributed by atoms with Crippen LogP contribution in [0.2, 0.25) is 0 Å². The van der Waals surface area contributed by atoms with E-state index >= 15 is 0 Å².